The van der Waals surface area contributed by atoms with Gasteiger partial charge in [0, 0.05) is 22.8 Å². The fourth-order valence-electron chi connectivity index (χ4n) is 2.56. The van der Waals surface area contributed by atoms with E-state index in [1.54, 1.807) is 25.1 Å². The number of halogens is 1. The van der Waals surface area contributed by atoms with Gasteiger partial charge >= 0.3 is 0 Å². The fraction of sp³-hybridized carbons (Fsp3) is 0.235. The van der Waals surface area contributed by atoms with Crippen LogP contribution in [0.5, 0.6) is 0 Å². The van der Waals surface area contributed by atoms with Crippen molar-refractivity contribution in [2.24, 2.45) is 0 Å². The number of nitro benzene ring substituents is 1. The van der Waals surface area contributed by atoms with Crippen molar-refractivity contribution in [3.8, 4) is 0 Å². The van der Waals surface area contributed by atoms with Crippen molar-refractivity contribution < 1.29 is 18.1 Å². The molecule has 1 unspecified atom stereocenters. The van der Waals surface area contributed by atoms with Crippen molar-refractivity contribution in [3.63, 3.8) is 0 Å². The highest BCUT2D eigenvalue weighted by molar-refractivity contribution is 7.92. The van der Waals surface area contributed by atoms with Crippen molar-refractivity contribution >= 4 is 44.6 Å². The number of hydrogen-bond donors (Lipinski definition) is 1. The molecule has 1 N–H and O–H groups in total. The first-order valence-electron chi connectivity index (χ1n) is 7.81. The lowest BCUT2D eigenvalue weighted by atomic mass is 10.2. The van der Waals surface area contributed by atoms with E-state index in [4.69, 9.17) is 11.6 Å². The van der Waals surface area contributed by atoms with E-state index in [2.05, 4.69) is 5.32 Å². The topological polar surface area (TPSA) is 110 Å². The van der Waals surface area contributed by atoms with Gasteiger partial charge in [-0.2, -0.15) is 0 Å². The third kappa shape index (κ3) is 4.95. The average Bonchev–Trinajstić information content (AvgIpc) is 2.56. The number of carbonyl (C=O) groups excluding carboxylic acids is 1. The quantitative estimate of drug-likeness (QED) is 0.579. The van der Waals surface area contributed by atoms with E-state index in [1.165, 1.54) is 25.1 Å². The number of non-ortho nitro benzene ring substituents is 1. The predicted octanol–water partition coefficient (Wildman–Crippen LogP) is 3.35. The summed E-state index contributed by atoms with van der Waals surface area (Å²) in [6.45, 7) is 3.15. The lowest BCUT2D eigenvalue weighted by Gasteiger charge is -2.28. The minimum Gasteiger partial charge on any atom is -0.324 e. The van der Waals surface area contributed by atoms with E-state index in [-0.39, 0.29) is 11.4 Å². The Morgan fingerprint density at radius 1 is 1.26 bits per heavy atom. The maximum absolute atomic E-state index is 12.6. The van der Waals surface area contributed by atoms with Gasteiger partial charge in [0.25, 0.3) is 5.69 Å². The molecule has 10 heteroatoms. The number of rotatable bonds is 6. The Bertz CT molecular complexity index is 994. The number of aryl methyl sites for hydroxylation is 1. The summed E-state index contributed by atoms with van der Waals surface area (Å²) < 4.78 is 25.4. The zero-order valence-corrected chi connectivity index (χ0v) is 16.4. The van der Waals surface area contributed by atoms with Gasteiger partial charge in [-0.25, -0.2) is 8.42 Å². The normalized spacial score (nSPS) is 12.3. The summed E-state index contributed by atoms with van der Waals surface area (Å²) in [4.78, 5) is 23.0. The standard InChI is InChI=1S/C17H18ClN3O5S/c1-11-9-13(18)7-8-16(11)19-17(22)12(2)20(27(3,25)26)14-5-4-6-15(10-14)21(23)24/h4-10,12H,1-3H3,(H,19,22). The van der Waals surface area contributed by atoms with Crippen LogP contribution in [0, 0.1) is 17.0 Å². The second-order valence-electron chi connectivity index (χ2n) is 5.96. The molecule has 0 aliphatic heterocycles. The maximum atomic E-state index is 12.6. The van der Waals surface area contributed by atoms with Crippen molar-refractivity contribution in [2.45, 2.75) is 19.9 Å². The highest BCUT2D eigenvalue weighted by Crippen LogP contribution is 2.26. The van der Waals surface area contributed by atoms with Crippen molar-refractivity contribution in [2.75, 3.05) is 15.9 Å². The van der Waals surface area contributed by atoms with Crippen LogP contribution in [-0.4, -0.2) is 31.5 Å². The van der Waals surface area contributed by atoms with Gasteiger partial charge in [-0.05, 0) is 43.7 Å². The van der Waals surface area contributed by atoms with Crippen LogP contribution in [0.1, 0.15) is 12.5 Å². The largest absolute Gasteiger partial charge is 0.324 e. The van der Waals surface area contributed by atoms with E-state index < -0.39 is 26.9 Å². The first kappa shape index (κ1) is 20.7. The molecule has 27 heavy (non-hydrogen) atoms. The molecule has 2 rings (SSSR count). The van der Waals surface area contributed by atoms with Crippen molar-refractivity contribution in [1.29, 1.82) is 0 Å². The van der Waals surface area contributed by atoms with Crippen LogP contribution < -0.4 is 9.62 Å². The maximum Gasteiger partial charge on any atom is 0.271 e. The van der Waals surface area contributed by atoms with Gasteiger partial charge in [0.1, 0.15) is 6.04 Å². The van der Waals surface area contributed by atoms with Crippen molar-refractivity contribution in [1.82, 2.24) is 0 Å². The zero-order valence-electron chi connectivity index (χ0n) is 14.8. The molecule has 0 spiro atoms. The van der Waals surface area contributed by atoms with Gasteiger partial charge in [-0.15, -0.1) is 0 Å². The SMILES string of the molecule is Cc1cc(Cl)ccc1NC(=O)C(C)N(c1cccc([N+](=O)[O-])c1)S(C)(=O)=O. The highest BCUT2D eigenvalue weighted by Gasteiger charge is 2.30. The van der Waals surface area contributed by atoms with Crippen LogP contribution in [-0.2, 0) is 14.8 Å². The molecule has 0 saturated heterocycles. The number of nitrogens with zero attached hydrogens (tertiary/aromatic N) is 2. The molecule has 1 atom stereocenters. The molecule has 0 aliphatic carbocycles. The molecule has 0 aliphatic rings. The Morgan fingerprint density at radius 3 is 2.48 bits per heavy atom. The summed E-state index contributed by atoms with van der Waals surface area (Å²) in [6, 6.07) is 8.84. The van der Waals surface area contributed by atoms with E-state index >= 15 is 0 Å². The summed E-state index contributed by atoms with van der Waals surface area (Å²) in [5.74, 6) is -0.586. The second-order valence-corrected chi connectivity index (χ2v) is 8.26. The molecule has 2 aromatic carbocycles. The van der Waals surface area contributed by atoms with Gasteiger partial charge in [0.2, 0.25) is 15.9 Å². The Hall–Kier alpha value is -2.65. The Balaban J connectivity index is 2.38. The van der Waals surface area contributed by atoms with E-state index in [0.717, 1.165) is 16.6 Å². The van der Waals surface area contributed by atoms with Crippen LogP contribution >= 0.6 is 11.6 Å². The van der Waals surface area contributed by atoms with Gasteiger partial charge < -0.3 is 5.32 Å². The Kier molecular flexibility index (Phi) is 6.07. The molecule has 0 heterocycles. The number of sulfonamides is 1. The number of anilines is 2. The monoisotopic (exact) mass is 411 g/mol. The van der Waals surface area contributed by atoms with Gasteiger partial charge in [0.15, 0.2) is 0 Å². The minimum absolute atomic E-state index is 0.0298. The highest BCUT2D eigenvalue weighted by atomic mass is 35.5. The number of carbonyl (C=O) groups is 1. The number of nitrogens with one attached hydrogen (secondary N) is 1. The molecule has 8 nitrogen and oxygen atoms in total. The number of nitro groups is 1. The number of amides is 1. The predicted molar refractivity (Wildman–Crippen MR) is 105 cm³/mol. The molecule has 144 valence electrons. The van der Waals surface area contributed by atoms with E-state index in [9.17, 15) is 23.3 Å². The molecule has 2 aromatic rings. The molecular formula is C17H18ClN3O5S. The lowest BCUT2D eigenvalue weighted by Crippen LogP contribution is -2.45. The number of benzene rings is 2. The molecule has 0 radical (unpaired) electrons. The Morgan fingerprint density at radius 2 is 1.93 bits per heavy atom. The summed E-state index contributed by atoms with van der Waals surface area (Å²) in [5, 5.41) is 14.1. The van der Waals surface area contributed by atoms with Crippen LogP contribution in [0.4, 0.5) is 17.1 Å². The van der Waals surface area contributed by atoms with Gasteiger partial charge in [-0.1, -0.05) is 17.7 Å². The first-order valence-corrected chi connectivity index (χ1v) is 10.0. The molecule has 0 bridgehead atoms. The fourth-order valence-corrected chi connectivity index (χ4v) is 3.95. The Labute approximate surface area is 162 Å². The lowest BCUT2D eigenvalue weighted by molar-refractivity contribution is -0.384. The summed E-state index contributed by atoms with van der Waals surface area (Å²) in [6.07, 6.45) is 0.934. The smallest absolute Gasteiger partial charge is 0.271 e. The van der Waals surface area contributed by atoms with Crippen molar-refractivity contribution in [3.05, 3.63) is 63.2 Å². The second kappa shape index (κ2) is 7.93. The first-order chi connectivity index (χ1) is 12.5. The summed E-state index contributed by atoms with van der Waals surface area (Å²) >= 11 is 5.89. The van der Waals surface area contributed by atoms with Crippen LogP contribution in [0.15, 0.2) is 42.5 Å². The molecule has 0 aromatic heterocycles. The van der Waals surface area contributed by atoms with E-state index in [1.807, 2.05) is 0 Å². The minimum atomic E-state index is -3.89. The van der Waals surface area contributed by atoms with Gasteiger partial charge in [-0.3, -0.25) is 19.2 Å². The molecule has 0 saturated carbocycles. The average molecular weight is 412 g/mol. The third-order valence-corrected chi connectivity index (χ3v) is 5.31. The van der Waals surface area contributed by atoms with Crippen LogP contribution in [0.25, 0.3) is 0 Å². The van der Waals surface area contributed by atoms with Crippen LogP contribution in [0.2, 0.25) is 5.02 Å². The zero-order chi connectivity index (χ0) is 20.4. The molecular weight excluding hydrogens is 394 g/mol. The summed E-state index contributed by atoms with van der Waals surface area (Å²) in [7, 11) is -3.89. The van der Waals surface area contributed by atoms with E-state index in [0.29, 0.717) is 16.3 Å². The molecule has 1 amide bonds. The summed E-state index contributed by atoms with van der Waals surface area (Å²) in [5.41, 5.74) is 0.956. The third-order valence-electron chi connectivity index (χ3n) is 3.83. The number of hydrogen-bond acceptors (Lipinski definition) is 5. The van der Waals surface area contributed by atoms with Gasteiger partial charge in [0.05, 0.1) is 16.9 Å². The molecule has 0 fully saturated rings. The van der Waals surface area contributed by atoms with Crippen LogP contribution in [0.3, 0.4) is 0 Å².